The van der Waals surface area contributed by atoms with Gasteiger partial charge in [-0.2, -0.15) is 0 Å². The Morgan fingerprint density at radius 1 is 0.842 bits per heavy atom. The fourth-order valence-electron chi connectivity index (χ4n) is 5.16. The number of hydrogen-bond acceptors (Lipinski definition) is 6. The standard InChI is InChI=1S/C28H23N2.HNO3.NO3/c1-30(2)25-17-9-5-13-21(25)28(22-14-6-10-18-26(22)30)27-19-11-3-7-15-23(19)29-24-16-8-4-12-20(24)27;2*2-1(3)4/h3-13,15-18H,14H2,1-2H3;(H,2,3,4);/q+1;;-1. The number of aromatic nitrogens is 1. The van der Waals surface area contributed by atoms with Crippen LogP contribution in [0.1, 0.15) is 17.5 Å². The molecular formula is C28H24N4O6. The molecule has 0 saturated heterocycles. The SMILES string of the molecule is C[N+]1(C)C2=CC=CCC2=C(c2c3ccccc3nc3ccccc23)c2ccccc21.O=[N+]([O-])O.O=[N+]([O-])[O-]. The third kappa shape index (κ3) is 4.93. The van der Waals surface area contributed by atoms with Crippen LogP contribution in [0.5, 0.6) is 0 Å². The van der Waals surface area contributed by atoms with E-state index in [1.165, 1.54) is 44.4 Å². The maximum Gasteiger partial charge on any atom is 0.291 e. The smallest absolute Gasteiger partial charge is 0.291 e. The number of rotatable bonds is 1. The minimum absolute atomic E-state index is 0.764. The normalized spacial score (nSPS) is 14.7. The summed E-state index contributed by atoms with van der Waals surface area (Å²) in [5.74, 6) is 0. The lowest BCUT2D eigenvalue weighted by atomic mass is 9.80. The summed E-state index contributed by atoms with van der Waals surface area (Å²) in [4.78, 5) is 21.6. The molecule has 38 heavy (non-hydrogen) atoms. The molecule has 2 aliphatic rings. The van der Waals surface area contributed by atoms with Gasteiger partial charge in [0, 0.05) is 39.1 Å². The van der Waals surface area contributed by atoms with E-state index in [2.05, 4.69) is 105 Å². The molecule has 10 nitrogen and oxygen atoms in total. The van der Waals surface area contributed by atoms with Gasteiger partial charge in [-0.15, -0.1) is 10.1 Å². The molecule has 0 radical (unpaired) electrons. The average molecular weight is 513 g/mol. The van der Waals surface area contributed by atoms with E-state index in [4.69, 9.17) is 35.6 Å². The van der Waals surface area contributed by atoms with Crippen molar-refractivity contribution in [3.63, 3.8) is 0 Å². The summed E-state index contributed by atoms with van der Waals surface area (Å²) in [5.41, 5.74) is 10.2. The zero-order valence-electron chi connectivity index (χ0n) is 20.6. The van der Waals surface area contributed by atoms with Gasteiger partial charge in [0.2, 0.25) is 0 Å². The fourth-order valence-corrected chi connectivity index (χ4v) is 5.16. The predicted octanol–water partition coefficient (Wildman–Crippen LogP) is 6.03. The van der Waals surface area contributed by atoms with Gasteiger partial charge in [-0.3, -0.25) is 4.48 Å². The summed E-state index contributed by atoms with van der Waals surface area (Å²) >= 11 is 0. The Morgan fingerprint density at radius 2 is 1.34 bits per heavy atom. The van der Waals surface area contributed by atoms with Crippen LogP contribution in [0.15, 0.2) is 102 Å². The van der Waals surface area contributed by atoms with E-state index in [-0.39, 0.29) is 0 Å². The number of nitrogens with zero attached hydrogens (tertiary/aromatic N) is 4. The van der Waals surface area contributed by atoms with E-state index < -0.39 is 10.2 Å². The van der Waals surface area contributed by atoms with Crippen molar-refractivity contribution < 1.29 is 15.4 Å². The number of fused-ring (bicyclic) bond motifs is 4. The molecule has 0 atom stereocenters. The van der Waals surface area contributed by atoms with Crippen molar-refractivity contribution in [2.24, 2.45) is 0 Å². The molecule has 1 N–H and O–H groups in total. The minimum atomic E-state index is -1.75. The molecule has 1 aliphatic heterocycles. The van der Waals surface area contributed by atoms with E-state index in [1.807, 2.05) is 0 Å². The third-order valence-electron chi connectivity index (χ3n) is 6.54. The molecule has 0 bridgehead atoms. The van der Waals surface area contributed by atoms with Gasteiger partial charge < -0.3 is 20.5 Å². The lowest BCUT2D eigenvalue weighted by Crippen LogP contribution is -2.43. The minimum Gasteiger partial charge on any atom is -0.356 e. The molecule has 1 aliphatic carbocycles. The lowest BCUT2D eigenvalue weighted by molar-refractivity contribution is -0.742. The molecule has 0 spiro atoms. The number of quaternary nitrogens is 1. The van der Waals surface area contributed by atoms with Crippen LogP contribution < -0.4 is 4.48 Å². The van der Waals surface area contributed by atoms with Gasteiger partial charge in [-0.25, -0.2) is 4.98 Å². The second-order valence-corrected chi connectivity index (χ2v) is 8.99. The molecule has 0 amide bonds. The Bertz CT molecular complexity index is 1580. The Balaban J connectivity index is 0.000000373. The van der Waals surface area contributed by atoms with Gasteiger partial charge in [0.25, 0.3) is 5.09 Å². The zero-order chi connectivity index (χ0) is 27.4. The Hall–Kier alpha value is -5.09. The summed E-state index contributed by atoms with van der Waals surface area (Å²) in [6.07, 6.45) is 7.72. The first-order valence-corrected chi connectivity index (χ1v) is 11.6. The summed E-state index contributed by atoms with van der Waals surface area (Å²) in [7, 11) is 4.59. The number of hydrogen-bond donors (Lipinski definition) is 1. The summed E-state index contributed by atoms with van der Waals surface area (Å²) in [6, 6.07) is 26.0. The van der Waals surface area contributed by atoms with Gasteiger partial charge in [0.1, 0.15) is 11.4 Å². The maximum absolute atomic E-state index is 8.36. The third-order valence-corrected chi connectivity index (χ3v) is 6.54. The van der Waals surface area contributed by atoms with E-state index in [9.17, 15) is 0 Å². The summed E-state index contributed by atoms with van der Waals surface area (Å²) in [5, 5.41) is 30.8. The topological polar surface area (TPSA) is 142 Å². The second-order valence-electron chi connectivity index (χ2n) is 8.99. The number of para-hydroxylation sites is 3. The molecule has 0 unspecified atom stereocenters. The monoisotopic (exact) mass is 512 g/mol. The number of pyridine rings is 1. The Labute approximate surface area is 217 Å². The van der Waals surface area contributed by atoms with Gasteiger partial charge in [-0.05, 0) is 30.7 Å². The molecule has 1 aromatic heterocycles. The molecule has 192 valence electrons. The Kier molecular flexibility index (Phi) is 7.17. The van der Waals surface area contributed by atoms with Crippen LogP contribution in [-0.4, -0.2) is 34.5 Å². The van der Waals surface area contributed by atoms with Crippen LogP contribution in [0.4, 0.5) is 5.69 Å². The van der Waals surface area contributed by atoms with Crippen LogP contribution in [-0.2, 0) is 0 Å². The highest BCUT2D eigenvalue weighted by atomic mass is 16.9. The first-order valence-electron chi connectivity index (χ1n) is 11.6. The van der Waals surface area contributed by atoms with Gasteiger partial charge >= 0.3 is 0 Å². The highest BCUT2D eigenvalue weighted by Crippen LogP contribution is 2.50. The molecule has 10 heteroatoms. The van der Waals surface area contributed by atoms with Gasteiger partial charge in [0.15, 0.2) is 0 Å². The number of benzene rings is 3. The van der Waals surface area contributed by atoms with Crippen LogP contribution in [0.3, 0.4) is 0 Å². The van der Waals surface area contributed by atoms with Crippen molar-refractivity contribution in [3.8, 4) is 0 Å². The second kappa shape index (κ2) is 10.5. The number of likely N-dealkylation sites (N-methyl/N-ethyl adjacent to an activating group) is 1. The van der Waals surface area contributed by atoms with Gasteiger partial charge in [-0.1, -0.05) is 60.7 Å². The maximum atomic E-state index is 8.36. The van der Waals surface area contributed by atoms with Crippen molar-refractivity contribution in [3.05, 3.63) is 139 Å². The highest BCUT2D eigenvalue weighted by Gasteiger charge is 2.39. The molecule has 2 heterocycles. The number of allylic oxidation sites excluding steroid dienone is 4. The van der Waals surface area contributed by atoms with Crippen molar-refractivity contribution in [1.29, 1.82) is 0 Å². The molecule has 0 fully saturated rings. The van der Waals surface area contributed by atoms with Crippen molar-refractivity contribution in [1.82, 2.24) is 9.47 Å². The quantitative estimate of drug-likeness (QED) is 0.142. The molecular weight excluding hydrogens is 488 g/mol. The van der Waals surface area contributed by atoms with Gasteiger partial charge in [0.05, 0.1) is 30.2 Å². The first-order chi connectivity index (χ1) is 18.1. The Morgan fingerprint density at radius 3 is 1.92 bits per heavy atom. The van der Waals surface area contributed by atoms with Crippen molar-refractivity contribution in [2.75, 3.05) is 14.1 Å². The van der Waals surface area contributed by atoms with E-state index >= 15 is 0 Å². The first kappa shape index (κ1) is 26.0. The largest absolute Gasteiger partial charge is 0.356 e. The van der Waals surface area contributed by atoms with Crippen LogP contribution in [0.25, 0.3) is 27.4 Å². The van der Waals surface area contributed by atoms with Crippen LogP contribution in [0.2, 0.25) is 0 Å². The molecule has 0 saturated carbocycles. The van der Waals surface area contributed by atoms with Crippen LogP contribution >= 0.6 is 0 Å². The summed E-state index contributed by atoms with van der Waals surface area (Å²) in [6.45, 7) is 0. The highest BCUT2D eigenvalue weighted by molar-refractivity contribution is 6.11. The van der Waals surface area contributed by atoms with E-state index in [0.717, 1.165) is 21.9 Å². The van der Waals surface area contributed by atoms with Crippen LogP contribution in [0, 0.1) is 25.4 Å². The van der Waals surface area contributed by atoms with E-state index in [0.29, 0.717) is 0 Å². The molecule has 6 rings (SSSR count). The zero-order valence-corrected chi connectivity index (χ0v) is 20.6. The predicted molar refractivity (Wildman–Crippen MR) is 146 cm³/mol. The average Bonchev–Trinajstić information content (AvgIpc) is 2.88. The molecule has 4 aromatic rings. The summed E-state index contributed by atoms with van der Waals surface area (Å²) < 4.78 is 0.764. The van der Waals surface area contributed by atoms with Crippen molar-refractivity contribution >= 4 is 33.1 Å². The molecule has 3 aromatic carbocycles. The van der Waals surface area contributed by atoms with E-state index in [1.54, 1.807) is 0 Å². The lowest BCUT2D eigenvalue weighted by Gasteiger charge is -2.40. The fraction of sp³-hybridized carbons (Fsp3) is 0.107. The van der Waals surface area contributed by atoms with Crippen molar-refractivity contribution in [2.45, 2.75) is 6.42 Å².